The fourth-order valence-electron chi connectivity index (χ4n) is 1.37. The van der Waals surface area contributed by atoms with Gasteiger partial charge in [0.2, 0.25) is 0 Å². The fourth-order valence-corrected chi connectivity index (χ4v) is 2.62. The van der Waals surface area contributed by atoms with Crippen molar-refractivity contribution in [3.8, 4) is 17.2 Å². The molecular formula is C13H10Br2O2. The molecule has 0 aliphatic carbocycles. The highest BCUT2D eigenvalue weighted by molar-refractivity contribution is 9.11. The summed E-state index contributed by atoms with van der Waals surface area (Å²) in [5, 5.41) is 0. The molecule has 0 spiro atoms. The van der Waals surface area contributed by atoms with Gasteiger partial charge in [-0.2, -0.15) is 0 Å². The van der Waals surface area contributed by atoms with Crippen LogP contribution in [0.15, 0.2) is 51.4 Å². The van der Waals surface area contributed by atoms with Crippen LogP contribution >= 0.6 is 31.9 Å². The summed E-state index contributed by atoms with van der Waals surface area (Å²) in [6.45, 7) is 0. The third-order valence-corrected chi connectivity index (χ3v) is 3.05. The van der Waals surface area contributed by atoms with Crippen LogP contribution in [0.3, 0.4) is 0 Å². The summed E-state index contributed by atoms with van der Waals surface area (Å²) in [6, 6.07) is 13.2. The Morgan fingerprint density at radius 2 is 1.29 bits per heavy atom. The van der Waals surface area contributed by atoms with Crippen LogP contribution in [0.2, 0.25) is 0 Å². The molecule has 0 aliphatic rings. The normalized spacial score (nSPS) is 10.1. The molecule has 0 N–H and O–H groups in total. The molecule has 88 valence electrons. The quantitative estimate of drug-likeness (QED) is 0.768. The monoisotopic (exact) mass is 356 g/mol. The van der Waals surface area contributed by atoms with Crippen molar-refractivity contribution in [2.45, 2.75) is 0 Å². The van der Waals surface area contributed by atoms with E-state index in [2.05, 4.69) is 31.9 Å². The van der Waals surface area contributed by atoms with Crippen LogP contribution in [0.4, 0.5) is 0 Å². The molecule has 2 nitrogen and oxygen atoms in total. The summed E-state index contributed by atoms with van der Waals surface area (Å²) in [5.74, 6) is 2.36. The average molecular weight is 358 g/mol. The molecule has 2 rings (SSSR count). The van der Waals surface area contributed by atoms with E-state index in [1.165, 1.54) is 0 Å². The third kappa shape index (κ3) is 3.48. The summed E-state index contributed by atoms with van der Waals surface area (Å²) >= 11 is 6.84. The third-order valence-electron chi connectivity index (χ3n) is 2.13. The van der Waals surface area contributed by atoms with Crippen molar-refractivity contribution >= 4 is 31.9 Å². The van der Waals surface area contributed by atoms with Gasteiger partial charge in [-0.25, -0.2) is 0 Å². The number of rotatable bonds is 3. The number of hydrogen-bond donors (Lipinski definition) is 0. The average Bonchev–Trinajstić information content (AvgIpc) is 2.28. The number of hydrogen-bond acceptors (Lipinski definition) is 2. The van der Waals surface area contributed by atoms with E-state index in [0.717, 1.165) is 26.2 Å². The van der Waals surface area contributed by atoms with Crippen LogP contribution in [-0.2, 0) is 0 Å². The SMILES string of the molecule is COc1ccc(Oc2cc(Br)cc(Br)c2)cc1. The smallest absolute Gasteiger partial charge is 0.129 e. The van der Waals surface area contributed by atoms with Gasteiger partial charge >= 0.3 is 0 Å². The van der Waals surface area contributed by atoms with Crippen LogP contribution in [0.25, 0.3) is 0 Å². The second-order valence-electron chi connectivity index (χ2n) is 3.38. The first-order chi connectivity index (χ1) is 8.17. The highest BCUT2D eigenvalue weighted by Crippen LogP contribution is 2.29. The maximum Gasteiger partial charge on any atom is 0.129 e. The molecule has 4 heteroatoms. The molecule has 0 atom stereocenters. The van der Waals surface area contributed by atoms with Gasteiger partial charge in [0.15, 0.2) is 0 Å². The predicted molar refractivity (Wildman–Crippen MR) is 74.9 cm³/mol. The zero-order valence-corrected chi connectivity index (χ0v) is 12.3. The second kappa shape index (κ2) is 5.56. The Labute approximate surface area is 117 Å². The molecule has 0 saturated heterocycles. The van der Waals surface area contributed by atoms with Crippen molar-refractivity contribution in [3.05, 3.63) is 51.4 Å². The van der Waals surface area contributed by atoms with Gasteiger partial charge in [-0.05, 0) is 42.5 Å². The van der Waals surface area contributed by atoms with Crippen LogP contribution < -0.4 is 9.47 Å². The maximum absolute atomic E-state index is 5.72. The molecule has 0 amide bonds. The van der Waals surface area contributed by atoms with Crippen molar-refractivity contribution in [2.24, 2.45) is 0 Å². The Hall–Kier alpha value is -1.00. The van der Waals surface area contributed by atoms with Crippen LogP contribution in [0, 0.1) is 0 Å². The molecule has 0 heterocycles. The summed E-state index contributed by atoms with van der Waals surface area (Å²) in [6.07, 6.45) is 0. The molecule has 0 aromatic heterocycles. The predicted octanol–water partition coefficient (Wildman–Crippen LogP) is 5.01. The van der Waals surface area contributed by atoms with Crippen LogP contribution in [-0.4, -0.2) is 7.11 Å². The summed E-state index contributed by atoms with van der Waals surface area (Å²) in [5.41, 5.74) is 0. The zero-order chi connectivity index (χ0) is 12.3. The lowest BCUT2D eigenvalue weighted by Gasteiger charge is -2.07. The summed E-state index contributed by atoms with van der Waals surface area (Å²) < 4.78 is 12.7. The van der Waals surface area contributed by atoms with Gasteiger partial charge in [-0.1, -0.05) is 31.9 Å². The van der Waals surface area contributed by atoms with E-state index in [1.807, 2.05) is 42.5 Å². The van der Waals surface area contributed by atoms with Gasteiger partial charge in [0, 0.05) is 8.95 Å². The van der Waals surface area contributed by atoms with Crippen molar-refractivity contribution in [2.75, 3.05) is 7.11 Å². The molecule has 0 saturated carbocycles. The van der Waals surface area contributed by atoms with Gasteiger partial charge in [0.05, 0.1) is 7.11 Å². The lowest BCUT2D eigenvalue weighted by Crippen LogP contribution is -1.86. The van der Waals surface area contributed by atoms with Gasteiger partial charge in [-0.3, -0.25) is 0 Å². The molecular weight excluding hydrogens is 348 g/mol. The molecule has 2 aromatic carbocycles. The van der Waals surface area contributed by atoms with Gasteiger partial charge in [0.1, 0.15) is 17.2 Å². The Bertz CT molecular complexity index is 489. The number of ether oxygens (including phenoxy) is 2. The van der Waals surface area contributed by atoms with Crippen LogP contribution in [0.1, 0.15) is 0 Å². The number of methoxy groups -OCH3 is 1. The lowest BCUT2D eigenvalue weighted by atomic mass is 10.3. The van der Waals surface area contributed by atoms with E-state index in [-0.39, 0.29) is 0 Å². The molecule has 0 unspecified atom stereocenters. The van der Waals surface area contributed by atoms with E-state index in [4.69, 9.17) is 9.47 Å². The van der Waals surface area contributed by atoms with Crippen molar-refractivity contribution in [1.82, 2.24) is 0 Å². The first-order valence-electron chi connectivity index (χ1n) is 4.95. The number of benzene rings is 2. The zero-order valence-electron chi connectivity index (χ0n) is 9.11. The van der Waals surface area contributed by atoms with E-state index in [0.29, 0.717) is 0 Å². The van der Waals surface area contributed by atoms with E-state index < -0.39 is 0 Å². The van der Waals surface area contributed by atoms with Gasteiger partial charge in [0.25, 0.3) is 0 Å². The molecule has 0 aliphatic heterocycles. The minimum Gasteiger partial charge on any atom is -0.497 e. The van der Waals surface area contributed by atoms with Crippen molar-refractivity contribution < 1.29 is 9.47 Å². The van der Waals surface area contributed by atoms with Crippen molar-refractivity contribution in [1.29, 1.82) is 0 Å². The van der Waals surface area contributed by atoms with Gasteiger partial charge in [-0.15, -0.1) is 0 Å². The highest BCUT2D eigenvalue weighted by Gasteiger charge is 2.01. The van der Waals surface area contributed by atoms with E-state index in [9.17, 15) is 0 Å². The second-order valence-corrected chi connectivity index (χ2v) is 5.21. The molecule has 0 bridgehead atoms. The van der Waals surface area contributed by atoms with Crippen molar-refractivity contribution in [3.63, 3.8) is 0 Å². The fraction of sp³-hybridized carbons (Fsp3) is 0.0769. The standard InChI is InChI=1S/C13H10Br2O2/c1-16-11-2-4-12(5-3-11)17-13-7-9(14)6-10(15)8-13/h2-8H,1H3. The molecule has 0 radical (unpaired) electrons. The Balaban J connectivity index is 2.19. The highest BCUT2D eigenvalue weighted by atomic mass is 79.9. The molecule has 0 fully saturated rings. The minimum atomic E-state index is 0.774. The maximum atomic E-state index is 5.72. The molecule has 17 heavy (non-hydrogen) atoms. The Morgan fingerprint density at radius 3 is 1.82 bits per heavy atom. The first-order valence-corrected chi connectivity index (χ1v) is 6.54. The van der Waals surface area contributed by atoms with Crippen LogP contribution in [0.5, 0.6) is 17.2 Å². The van der Waals surface area contributed by atoms with E-state index in [1.54, 1.807) is 7.11 Å². The lowest BCUT2D eigenvalue weighted by molar-refractivity contribution is 0.413. The minimum absolute atomic E-state index is 0.774. The first kappa shape index (κ1) is 12.5. The Kier molecular flexibility index (Phi) is 4.07. The van der Waals surface area contributed by atoms with E-state index >= 15 is 0 Å². The molecule has 2 aromatic rings. The topological polar surface area (TPSA) is 18.5 Å². The summed E-state index contributed by atoms with van der Waals surface area (Å²) in [7, 11) is 1.64. The van der Waals surface area contributed by atoms with Gasteiger partial charge < -0.3 is 9.47 Å². The number of halogens is 2. The summed E-state index contributed by atoms with van der Waals surface area (Å²) in [4.78, 5) is 0. The largest absolute Gasteiger partial charge is 0.497 e. The Morgan fingerprint density at radius 1 is 0.765 bits per heavy atom.